The number of rotatable bonds is 15. The number of nitrogens with two attached hydrogens (primary N) is 1. The van der Waals surface area contributed by atoms with E-state index in [9.17, 15) is 43.5 Å². The van der Waals surface area contributed by atoms with E-state index < -0.39 is 91.6 Å². The van der Waals surface area contributed by atoms with Crippen molar-refractivity contribution in [3.8, 4) is 0 Å². The van der Waals surface area contributed by atoms with Crippen molar-refractivity contribution in [2.75, 3.05) is 13.2 Å². The molecule has 0 saturated carbocycles. The van der Waals surface area contributed by atoms with Gasteiger partial charge < -0.3 is 47.6 Å². The van der Waals surface area contributed by atoms with Crippen molar-refractivity contribution >= 4 is 47.4 Å². The molecule has 200 valence electrons. The van der Waals surface area contributed by atoms with Gasteiger partial charge in [-0.1, -0.05) is 0 Å². The first-order valence-corrected chi connectivity index (χ1v) is 10.6. The average Bonchev–Trinajstić information content (AvgIpc) is 3.23. The number of aliphatic hydroxyl groups is 1. The second kappa shape index (κ2) is 14.2. The van der Waals surface area contributed by atoms with Gasteiger partial charge in [-0.3, -0.25) is 33.6 Å². The zero-order chi connectivity index (χ0) is 27.4. The largest absolute Gasteiger partial charge is 0.481 e. The molecule has 0 radical (unpaired) electrons. The second-order valence-corrected chi connectivity index (χ2v) is 7.74. The predicted octanol–water partition coefficient (Wildman–Crippen LogP) is -5.35. The van der Waals surface area contributed by atoms with Crippen LogP contribution in [0.25, 0.3) is 0 Å². The van der Waals surface area contributed by atoms with Crippen molar-refractivity contribution in [3.63, 3.8) is 0 Å². The van der Waals surface area contributed by atoms with E-state index in [0.717, 1.165) is 0 Å². The summed E-state index contributed by atoms with van der Waals surface area (Å²) in [7, 11) is 0. The van der Waals surface area contributed by atoms with Crippen molar-refractivity contribution < 1.29 is 53.7 Å². The summed E-state index contributed by atoms with van der Waals surface area (Å²) in [5, 5.41) is 38.1. The highest BCUT2D eigenvalue weighted by atomic mass is 16.4. The summed E-state index contributed by atoms with van der Waals surface area (Å²) in [4.78, 5) is 93.2. The highest BCUT2D eigenvalue weighted by molar-refractivity contribution is 5.96. The van der Waals surface area contributed by atoms with Crippen LogP contribution in [-0.2, 0) is 38.4 Å². The molecule has 0 aliphatic carbocycles. The van der Waals surface area contributed by atoms with Crippen LogP contribution in [-0.4, -0.2) is 100 Å². The summed E-state index contributed by atoms with van der Waals surface area (Å²) in [6.45, 7) is -1.72. The minimum Gasteiger partial charge on any atom is -0.481 e. The first-order valence-electron chi connectivity index (χ1n) is 10.6. The van der Waals surface area contributed by atoms with Crippen LogP contribution in [0.1, 0.15) is 32.1 Å². The predicted molar refractivity (Wildman–Crippen MR) is 115 cm³/mol. The van der Waals surface area contributed by atoms with Gasteiger partial charge in [-0.25, -0.2) is 4.79 Å². The van der Waals surface area contributed by atoms with E-state index in [1.165, 1.54) is 0 Å². The Bertz CT molecular complexity index is 908. The lowest BCUT2D eigenvalue weighted by molar-refractivity contribution is -0.144. The molecule has 17 nitrogen and oxygen atoms in total. The molecule has 6 amide bonds. The number of nitrogens with one attached hydrogen (secondary N) is 5. The molecule has 0 aromatic heterocycles. The molecule has 4 atom stereocenters. The first kappa shape index (κ1) is 29.8. The number of aliphatic hydroxyl groups excluding tert-OH is 1. The molecule has 0 aromatic rings. The summed E-state index contributed by atoms with van der Waals surface area (Å²) in [6.07, 6.45) is -1.26. The van der Waals surface area contributed by atoms with Crippen molar-refractivity contribution in [1.29, 1.82) is 0 Å². The Balaban J connectivity index is 2.68. The summed E-state index contributed by atoms with van der Waals surface area (Å²) >= 11 is 0. The van der Waals surface area contributed by atoms with E-state index in [1.807, 2.05) is 10.6 Å². The Kier molecular flexibility index (Phi) is 11.7. The number of amides is 6. The molecule has 1 rings (SSSR count). The molecule has 0 spiro atoms. The normalized spacial score (nSPS) is 17.0. The van der Waals surface area contributed by atoms with Crippen LogP contribution in [0, 0.1) is 0 Å². The fourth-order valence-corrected chi connectivity index (χ4v) is 3.02. The lowest BCUT2D eigenvalue weighted by atomic mass is 10.1. The summed E-state index contributed by atoms with van der Waals surface area (Å²) in [5.41, 5.74) is 4.91. The molecule has 0 aromatic carbocycles. The van der Waals surface area contributed by atoms with Crippen LogP contribution < -0.4 is 32.3 Å². The summed E-state index contributed by atoms with van der Waals surface area (Å²) in [5.74, 6) is -7.98. The molecule has 36 heavy (non-hydrogen) atoms. The maximum absolute atomic E-state index is 12.5. The Labute approximate surface area is 203 Å². The van der Waals surface area contributed by atoms with Gasteiger partial charge in [-0.2, -0.15) is 0 Å². The van der Waals surface area contributed by atoms with Crippen LogP contribution in [0.5, 0.6) is 0 Å². The molecule has 0 bridgehead atoms. The number of aliphatic carboxylic acids is 2. The summed E-state index contributed by atoms with van der Waals surface area (Å²) in [6, 6.07) is -5.60. The third kappa shape index (κ3) is 10.3. The quantitative estimate of drug-likeness (QED) is 0.0990. The SMILES string of the molecule is NC(=O)C[C@H](NC(=O)[C@H](CO)NC(=O)CNC(=O)[C@H](CCC(=O)O)NC(=O)[C@@H]1CCC(=O)N1)C(=O)O. The minimum atomic E-state index is -1.70. The van der Waals surface area contributed by atoms with Crippen molar-refractivity contribution in [2.24, 2.45) is 5.73 Å². The third-order valence-electron chi connectivity index (χ3n) is 4.87. The molecule has 1 aliphatic rings. The minimum absolute atomic E-state index is 0.111. The van der Waals surface area contributed by atoms with Gasteiger partial charge in [-0.15, -0.1) is 0 Å². The lowest BCUT2D eigenvalue weighted by Crippen LogP contribution is -2.56. The van der Waals surface area contributed by atoms with Gasteiger partial charge in [0.15, 0.2) is 0 Å². The number of hydrogen-bond acceptors (Lipinski definition) is 9. The average molecular weight is 516 g/mol. The molecule has 1 heterocycles. The number of primary amides is 1. The molecular formula is C19H28N6O11. The molecule has 17 heteroatoms. The van der Waals surface area contributed by atoms with Gasteiger partial charge in [0.2, 0.25) is 35.4 Å². The van der Waals surface area contributed by atoms with Crippen molar-refractivity contribution in [1.82, 2.24) is 26.6 Å². The fraction of sp³-hybridized carbons (Fsp3) is 0.579. The topological polar surface area (TPSA) is 283 Å². The first-order chi connectivity index (χ1) is 16.8. The molecule has 0 unspecified atom stereocenters. The van der Waals surface area contributed by atoms with Crippen molar-refractivity contribution in [3.05, 3.63) is 0 Å². The van der Waals surface area contributed by atoms with Crippen LogP contribution in [0.2, 0.25) is 0 Å². The van der Waals surface area contributed by atoms with E-state index in [-0.39, 0.29) is 25.2 Å². The van der Waals surface area contributed by atoms with Crippen LogP contribution >= 0.6 is 0 Å². The van der Waals surface area contributed by atoms with Gasteiger partial charge in [0, 0.05) is 12.8 Å². The van der Waals surface area contributed by atoms with E-state index in [1.54, 1.807) is 0 Å². The van der Waals surface area contributed by atoms with Gasteiger partial charge in [0.25, 0.3) is 0 Å². The molecule has 1 saturated heterocycles. The Morgan fingerprint density at radius 2 is 1.64 bits per heavy atom. The molecule has 1 fully saturated rings. The zero-order valence-corrected chi connectivity index (χ0v) is 18.9. The number of carboxylic acids is 2. The Morgan fingerprint density at radius 3 is 2.14 bits per heavy atom. The number of carbonyl (C=O) groups is 8. The number of carbonyl (C=O) groups excluding carboxylic acids is 6. The third-order valence-corrected chi connectivity index (χ3v) is 4.87. The van der Waals surface area contributed by atoms with E-state index in [4.69, 9.17) is 15.9 Å². The monoisotopic (exact) mass is 516 g/mol. The lowest BCUT2D eigenvalue weighted by Gasteiger charge is -2.21. The van der Waals surface area contributed by atoms with Crippen LogP contribution in [0.15, 0.2) is 0 Å². The summed E-state index contributed by atoms with van der Waals surface area (Å²) < 4.78 is 0. The number of hydrogen-bond donors (Lipinski definition) is 9. The molecular weight excluding hydrogens is 488 g/mol. The zero-order valence-electron chi connectivity index (χ0n) is 18.9. The van der Waals surface area contributed by atoms with E-state index in [2.05, 4.69) is 16.0 Å². The fourth-order valence-electron chi connectivity index (χ4n) is 3.02. The number of carboxylic acid groups (broad SMARTS) is 2. The second-order valence-electron chi connectivity index (χ2n) is 7.74. The smallest absolute Gasteiger partial charge is 0.326 e. The van der Waals surface area contributed by atoms with Gasteiger partial charge >= 0.3 is 11.9 Å². The van der Waals surface area contributed by atoms with E-state index >= 15 is 0 Å². The van der Waals surface area contributed by atoms with E-state index in [0.29, 0.717) is 0 Å². The highest BCUT2D eigenvalue weighted by Crippen LogP contribution is 2.08. The Morgan fingerprint density at radius 1 is 0.972 bits per heavy atom. The van der Waals surface area contributed by atoms with Crippen LogP contribution in [0.3, 0.4) is 0 Å². The molecule has 10 N–H and O–H groups in total. The van der Waals surface area contributed by atoms with Gasteiger partial charge in [0.1, 0.15) is 24.2 Å². The standard InChI is InChI=1S/C19H28N6O11/c20-12(27)5-10(19(35)36)25-18(34)11(7-26)23-14(29)6-21-16(32)8(2-4-15(30)31)24-17(33)9-1-3-13(28)22-9/h8-11,26H,1-7H2,(H2,20,27)(H,21,32)(H,22,28)(H,23,29)(H,24,33)(H,25,34)(H,30,31)(H,35,36)/t8-,9-,10-,11-/m0/s1. The van der Waals surface area contributed by atoms with Crippen LogP contribution in [0.4, 0.5) is 0 Å². The van der Waals surface area contributed by atoms with Crippen molar-refractivity contribution in [2.45, 2.75) is 56.3 Å². The van der Waals surface area contributed by atoms with Gasteiger partial charge in [0.05, 0.1) is 19.6 Å². The molecule has 1 aliphatic heterocycles. The Hall–Kier alpha value is -4.28. The van der Waals surface area contributed by atoms with Gasteiger partial charge in [-0.05, 0) is 12.8 Å². The highest BCUT2D eigenvalue weighted by Gasteiger charge is 2.31. The maximum Gasteiger partial charge on any atom is 0.326 e. The maximum atomic E-state index is 12.5.